The van der Waals surface area contributed by atoms with Gasteiger partial charge in [-0.15, -0.1) is 0 Å². The lowest BCUT2D eigenvalue weighted by molar-refractivity contribution is 0.0383. The summed E-state index contributed by atoms with van der Waals surface area (Å²) in [5.74, 6) is -0.203. The third-order valence-electron chi connectivity index (χ3n) is 3.58. The first-order valence-electron chi connectivity index (χ1n) is 7.71. The number of rotatable bonds is 7. The van der Waals surface area contributed by atoms with Gasteiger partial charge in [0.25, 0.3) is 5.91 Å². The molecule has 1 aliphatic heterocycles. The van der Waals surface area contributed by atoms with Crippen LogP contribution in [0.15, 0.2) is 29.2 Å². The van der Waals surface area contributed by atoms with Crippen LogP contribution in [-0.2, 0) is 14.8 Å². The van der Waals surface area contributed by atoms with Crippen LogP contribution in [-0.4, -0.2) is 65.2 Å². The predicted molar refractivity (Wildman–Crippen MR) is 86.9 cm³/mol. The molecular weight excluding hydrogens is 318 g/mol. The molecule has 2 rings (SSSR count). The molecule has 0 unspecified atom stereocenters. The van der Waals surface area contributed by atoms with Crippen molar-refractivity contribution in [3.63, 3.8) is 0 Å². The van der Waals surface area contributed by atoms with Crippen LogP contribution in [0.4, 0.5) is 0 Å². The zero-order valence-corrected chi connectivity index (χ0v) is 14.1. The van der Waals surface area contributed by atoms with Crippen molar-refractivity contribution in [2.45, 2.75) is 11.8 Å². The molecule has 1 fully saturated rings. The summed E-state index contributed by atoms with van der Waals surface area (Å²) in [7, 11) is -3.48. The normalized spacial score (nSPS) is 16.2. The second kappa shape index (κ2) is 8.39. The highest BCUT2D eigenvalue weighted by Crippen LogP contribution is 2.10. The van der Waals surface area contributed by atoms with Crippen molar-refractivity contribution in [2.75, 3.05) is 45.9 Å². The lowest BCUT2D eigenvalue weighted by Crippen LogP contribution is -2.41. The molecule has 1 aromatic carbocycles. The number of carbonyl (C=O) groups is 1. The van der Waals surface area contributed by atoms with E-state index in [1.807, 2.05) is 0 Å². The Kier molecular flexibility index (Phi) is 6.52. The van der Waals surface area contributed by atoms with Gasteiger partial charge < -0.3 is 10.1 Å². The topological polar surface area (TPSA) is 87.7 Å². The van der Waals surface area contributed by atoms with E-state index in [1.54, 1.807) is 6.92 Å². The van der Waals surface area contributed by atoms with Crippen LogP contribution in [0, 0.1) is 0 Å². The van der Waals surface area contributed by atoms with Gasteiger partial charge >= 0.3 is 0 Å². The highest BCUT2D eigenvalue weighted by Gasteiger charge is 2.14. The highest BCUT2D eigenvalue weighted by molar-refractivity contribution is 7.89. The van der Waals surface area contributed by atoms with E-state index in [4.69, 9.17) is 4.74 Å². The second-order valence-corrected chi connectivity index (χ2v) is 7.00. The molecule has 0 saturated carbocycles. The number of amides is 1. The van der Waals surface area contributed by atoms with Gasteiger partial charge in [0.2, 0.25) is 10.0 Å². The van der Waals surface area contributed by atoms with Gasteiger partial charge in [-0.25, -0.2) is 13.1 Å². The van der Waals surface area contributed by atoms with Crippen molar-refractivity contribution in [3.05, 3.63) is 29.8 Å². The summed E-state index contributed by atoms with van der Waals surface area (Å²) in [6.45, 7) is 6.60. The fourth-order valence-electron chi connectivity index (χ4n) is 2.31. The minimum Gasteiger partial charge on any atom is -0.379 e. The van der Waals surface area contributed by atoms with E-state index in [9.17, 15) is 13.2 Å². The molecule has 0 aliphatic carbocycles. The second-order valence-electron chi connectivity index (χ2n) is 5.24. The Balaban J connectivity index is 1.85. The minimum absolute atomic E-state index is 0.157. The molecule has 0 radical (unpaired) electrons. The van der Waals surface area contributed by atoms with Gasteiger partial charge in [0.05, 0.1) is 18.1 Å². The first-order valence-corrected chi connectivity index (χ1v) is 9.19. The molecule has 128 valence electrons. The van der Waals surface area contributed by atoms with Crippen molar-refractivity contribution in [2.24, 2.45) is 0 Å². The molecule has 2 N–H and O–H groups in total. The van der Waals surface area contributed by atoms with Crippen LogP contribution in [0.5, 0.6) is 0 Å². The Bertz CT molecular complexity index is 610. The molecular formula is C15H23N3O4S. The van der Waals surface area contributed by atoms with Gasteiger partial charge in [0, 0.05) is 38.3 Å². The van der Waals surface area contributed by atoms with Gasteiger partial charge in [-0.05, 0) is 24.3 Å². The standard InChI is InChI=1S/C15H23N3O4S/c1-2-17-23(20,21)14-5-3-13(4-6-14)15(19)16-7-8-18-9-11-22-12-10-18/h3-6,17H,2,7-12H2,1H3,(H,16,19). The number of hydrogen-bond donors (Lipinski definition) is 2. The Morgan fingerprint density at radius 3 is 2.48 bits per heavy atom. The van der Waals surface area contributed by atoms with Gasteiger partial charge in [-0.2, -0.15) is 0 Å². The third kappa shape index (κ3) is 5.28. The van der Waals surface area contributed by atoms with Gasteiger partial charge in [0.15, 0.2) is 0 Å². The molecule has 23 heavy (non-hydrogen) atoms. The van der Waals surface area contributed by atoms with E-state index in [1.165, 1.54) is 24.3 Å². The van der Waals surface area contributed by atoms with Gasteiger partial charge in [-0.3, -0.25) is 9.69 Å². The van der Waals surface area contributed by atoms with Crippen LogP contribution < -0.4 is 10.0 Å². The number of benzene rings is 1. The summed E-state index contributed by atoms with van der Waals surface area (Å²) in [5, 5.41) is 2.84. The molecule has 8 heteroatoms. The van der Waals surface area contributed by atoms with Crippen LogP contribution in [0.25, 0.3) is 0 Å². The number of morpholine rings is 1. The molecule has 7 nitrogen and oxygen atoms in total. The largest absolute Gasteiger partial charge is 0.379 e. The zero-order chi connectivity index (χ0) is 16.7. The predicted octanol–water partition coefficient (Wildman–Crippen LogP) is 0.0468. The van der Waals surface area contributed by atoms with Crippen molar-refractivity contribution >= 4 is 15.9 Å². The highest BCUT2D eigenvalue weighted by atomic mass is 32.2. The molecule has 1 aromatic rings. The Morgan fingerprint density at radius 1 is 1.22 bits per heavy atom. The molecule has 1 saturated heterocycles. The fraction of sp³-hybridized carbons (Fsp3) is 0.533. The van der Waals surface area contributed by atoms with Crippen molar-refractivity contribution in [1.29, 1.82) is 0 Å². The van der Waals surface area contributed by atoms with E-state index in [2.05, 4.69) is 14.9 Å². The number of carbonyl (C=O) groups excluding carboxylic acids is 1. The maximum Gasteiger partial charge on any atom is 0.251 e. The Labute approximate surface area is 137 Å². The lowest BCUT2D eigenvalue weighted by Gasteiger charge is -2.26. The van der Waals surface area contributed by atoms with Gasteiger partial charge in [0.1, 0.15) is 0 Å². The maximum absolute atomic E-state index is 12.1. The summed E-state index contributed by atoms with van der Waals surface area (Å²) in [4.78, 5) is 14.4. The Hall–Kier alpha value is -1.48. The Morgan fingerprint density at radius 2 is 1.87 bits per heavy atom. The molecule has 0 atom stereocenters. The number of hydrogen-bond acceptors (Lipinski definition) is 5. The average Bonchev–Trinajstić information content (AvgIpc) is 2.56. The molecule has 1 aliphatic rings. The van der Waals surface area contributed by atoms with Crippen LogP contribution in [0.1, 0.15) is 17.3 Å². The number of nitrogens with zero attached hydrogens (tertiary/aromatic N) is 1. The minimum atomic E-state index is -3.48. The van der Waals surface area contributed by atoms with Crippen LogP contribution in [0.2, 0.25) is 0 Å². The van der Waals surface area contributed by atoms with Crippen molar-refractivity contribution in [1.82, 2.24) is 14.9 Å². The van der Waals surface area contributed by atoms with E-state index in [0.717, 1.165) is 32.8 Å². The summed E-state index contributed by atoms with van der Waals surface area (Å²) >= 11 is 0. The number of nitrogens with one attached hydrogen (secondary N) is 2. The molecule has 0 aromatic heterocycles. The molecule has 1 amide bonds. The smallest absolute Gasteiger partial charge is 0.251 e. The SMILES string of the molecule is CCNS(=O)(=O)c1ccc(C(=O)NCCN2CCOCC2)cc1. The van der Waals surface area contributed by atoms with E-state index >= 15 is 0 Å². The lowest BCUT2D eigenvalue weighted by atomic mass is 10.2. The van der Waals surface area contributed by atoms with Crippen LogP contribution in [0.3, 0.4) is 0 Å². The number of sulfonamides is 1. The molecule has 0 bridgehead atoms. The fourth-order valence-corrected chi connectivity index (χ4v) is 3.35. The third-order valence-corrected chi connectivity index (χ3v) is 5.14. The van der Waals surface area contributed by atoms with Crippen molar-refractivity contribution < 1.29 is 17.9 Å². The zero-order valence-electron chi connectivity index (χ0n) is 13.2. The maximum atomic E-state index is 12.1. The first kappa shape index (κ1) is 17.9. The summed E-state index contributed by atoms with van der Waals surface area (Å²) in [6, 6.07) is 5.92. The van der Waals surface area contributed by atoms with E-state index < -0.39 is 10.0 Å². The molecule has 0 spiro atoms. The first-order chi connectivity index (χ1) is 11.0. The summed E-state index contributed by atoms with van der Waals surface area (Å²) in [5.41, 5.74) is 0.447. The van der Waals surface area contributed by atoms with Crippen LogP contribution >= 0.6 is 0 Å². The quantitative estimate of drug-likeness (QED) is 0.731. The molecule has 1 heterocycles. The van der Waals surface area contributed by atoms with E-state index in [0.29, 0.717) is 18.7 Å². The van der Waals surface area contributed by atoms with Gasteiger partial charge in [-0.1, -0.05) is 6.92 Å². The summed E-state index contributed by atoms with van der Waals surface area (Å²) < 4.78 is 31.3. The van der Waals surface area contributed by atoms with E-state index in [-0.39, 0.29) is 10.8 Å². The number of ether oxygens (including phenoxy) is 1. The van der Waals surface area contributed by atoms with Crippen molar-refractivity contribution in [3.8, 4) is 0 Å². The average molecular weight is 341 g/mol. The summed E-state index contributed by atoms with van der Waals surface area (Å²) in [6.07, 6.45) is 0. The monoisotopic (exact) mass is 341 g/mol.